The first-order valence-electron chi connectivity index (χ1n) is 11.9. The molecule has 2 fully saturated rings. The van der Waals surface area contributed by atoms with Crippen LogP contribution in [-0.2, 0) is 14.4 Å². The number of carbonyl (C=O) groups excluding carboxylic acids is 1. The maximum absolute atomic E-state index is 10.6. The van der Waals surface area contributed by atoms with Crippen LogP contribution in [0.3, 0.4) is 0 Å². The van der Waals surface area contributed by atoms with Gasteiger partial charge in [-0.1, -0.05) is 103 Å². The van der Waals surface area contributed by atoms with Gasteiger partial charge in [-0.25, -0.2) is 9.59 Å². The normalized spacial score (nSPS) is 14.8. The molecule has 0 amide bonds. The van der Waals surface area contributed by atoms with Crippen LogP contribution in [0.2, 0.25) is 36.2 Å². The lowest BCUT2D eigenvalue weighted by Gasteiger charge is -2.14. The van der Waals surface area contributed by atoms with E-state index in [0.29, 0.717) is 21.5 Å². The molecule has 2 unspecified atom stereocenters. The van der Waals surface area contributed by atoms with E-state index in [0.717, 1.165) is 13.2 Å². The lowest BCUT2D eigenvalue weighted by molar-refractivity contribution is -0.182. The van der Waals surface area contributed by atoms with Crippen molar-refractivity contribution < 1.29 is 34.3 Å². The Hall–Kier alpha value is -1.67. The van der Waals surface area contributed by atoms with Gasteiger partial charge in [-0.15, -0.1) is 36.4 Å². The maximum Gasteiger partial charge on any atom is 0.372 e. The highest BCUT2D eigenvalue weighted by molar-refractivity contribution is 6.86. The minimum absolute atomic E-state index is 0. The van der Waals surface area contributed by atoms with Gasteiger partial charge in [0, 0.05) is 10.0 Å². The summed E-state index contributed by atoms with van der Waals surface area (Å²) in [5, 5.41) is 17.5. The summed E-state index contributed by atoms with van der Waals surface area (Å²) in [6.07, 6.45) is 0. The van der Waals surface area contributed by atoms with Crippen molar-refractivity contribution in [3.63, 3.8) is 0 Å². The number of alkyl halides is 2. The van der Waals surface area contributed by atoms with Crippen LogP contribution >= 0.6 is 46.4 Å². The first kappa shape index (κ1) is 51.9. The highest BCUT2D eigenvalue weighted by atomic mass is 35.5. The average Bonchev–Trinajstić information content (AvgIpc) is 3.82. The quantitative estimate of drug-likeness (QED) is 0.1000. The Morgan fingerprint density at radius 1 is 0.864 bits per heavy atom. The number of aromatic carboxylic acids is 1. The number of carboxylic acids is 1. The van der Waals surface area contributed by atoms with E-state index in [1.165, 1.54) is 24.3 Å². The zero-order valence-electron chi connectivity index (χ0n) is 22.9. The topological polar surface area (TPSA) is 109 Å². The number of ether oxygens (including phenoxy) is 2. The number of carbonyl (C=O) groups is 2. The molecule has 0 aliphatic carbocycles. The lowest BCUT2D eigenvalue weighted by atomic mass is 10.2. The molecular weight excluding hydrogens is 682 g/mol. The molecule has 0 aromatic heterocycles. The fourth-order valence-electron chi connectivity index (χ4n) is 2.54. The summed E-state index contributed by atoms with van der Waals surface area (Å²) in [6.45, 7) is 18.5. The van der Waals surface area contributed by atoms with E-state index >= 15 is 0 Å². The molecule has 13 heteroatoms. The van der Waals surface area contributed by atoms with Crippen molar-refractivity contribution in [2.75, 3.05) is 18.6 Å². The van der Waals surface area contributed by atoms with Crippen LogP contribution in [0.25, 0.3) is 0 Å². The molecule has 2 heterocycles. The Bertz CT molecular complexity index is 1070. The fraction of sp³-hybridized carbons (Fsp3) is 0.419. The lowest BCUT2D eigenvalue weighted by Crippen LogP contribution is -2.40. The van der Waals surface area contributed by atoms with Gasteiger partial charge in [0.2, 0.25) is 0 Å². The van der Waals surface area contributed by atoms with Gasteiger partial charge in [-0.2, -0.15) is 5.26 Å². The first-order valence-corrected chi connectivity index (χ1v) is 20.0. The molecule has 2 atom stereocenters. The van der Waals surface area contributed by atoms with E-state index < -0.39 is 28.1 Å². The molecule has 7 nitrogen and oxygen atoms in total. The molecular formula is C31H52Cl4O7Si2. The summed E-state index contributed by atoms with van der Waals surface area (Å²) >= 11 is 20.6. The van der Waals surface area contributed by atoms with Crippen LogP contribution in [-0.4, -0.2) is 68.5 Å². The van der Waals surface area contributed by atoms with Gasteiger partial charge < -0.3 is 14.6 Å². The molecule has 2 saturated heterocycles. The molecule has 2 aliphatic rings. The number of epoxide rings is 2. The standard InChI is InChI=1S/C7H5ClO3.C7H5ClO2.C6H12O2Si.C6H12Si.CH2Cl2.4CH4/c8-6-3-1-2-5(4-6)7(9)11-10;8-6-3-1-2-5(4-6)7(9)10;1-9(2,5-3-7-5)6-4-8-6;1-5-7(3,4)6-2;2-1-3;;;;/h1-4,10H;1-4H,(H,9,10);5-6H,3-4H2,1-2H3;5-6H,1-2H2,3-4H3;1H2;4*1H4. The highest BCUT2D eigenvalue weighted by Gasteiger charge is 2.52. The largest absolute Gasteiger partial charge is 0.478 e. The van der Waals surface area contributed by atoms with Crippen molar-refractivity contribution >= 4 is 74.5 Å². The Morgan fingerprint density at radius 2 is 1.20 bits per heavy atom. The number of benzene rings is 2. The van der Waals surface area contributed by atoms with Crippen molar-refractivity contribution in [1.82, 2.24) is 0 Å². The van der Waals surface area contributed by atoms with Crippen molar-refractivity contribution in [2.45, 2.75) is 67.3 Å². The molecule has 0 saturated carbocycles. The summed E-state index contributed by atoms with van der Waals surface area (Å²) < 4.78 is 10.5. The second kappa shape index (κ2) is 26.5. The minimum Gasteiger partial charge on any atom is -0.478 e. The van der Waals surface area contributed by atoms with E-state index in [9.17, 15) is 9.59 Å². The third kappa shape index (κ3) is 22.8. The number of rotatable bonds is 6. The Balaban J connectivity index is -0.000000146. The summed E-state index contributed by atoms with van der Waals surface area (Å²) in [5.74, 6) is -1.77. The minimum atomic E-state index is -1.12. The van der Waals surface area contributed by atoms with E-state index in [1.807, 2.05) is 11.4 Å². The summed E-state index contributed by atoms with van der Waals surface area (Å²) in [7, 11) is -2.20. The van der Waals surface area contributed by atoms with Gasteiger partial charge in [0.15, 0.2) is 0 Å². The van der Waals surface area contributed by atoms with Gasteiger partial charge in [0.05, 0.1) is 49.2 Å². The highest BCUT2D eigenvalue weighted by Crippen LogP contribution is 2.32. The fourth-order valence-corrected chi connectivity index (χ4v) is 5.41. The van der Waals surface area contributed by atoms with Crippen molar-refractivity contribution in [3.8, 4) is 0 Å². The predicted molar refractivity (Wildman–Crippen MR) is 196 cm³/mol. The molecule has 0 bridgehead atoms. The van der Waals surface area contributed by atoms with E-state index in [-0.39, 0.29) is 46.2 Å². The molecule has 0 radical (unpaired) electrons. The third-order valence-electron chi connectivity index (χ3n) is 5.59. The van der Waals surface area contributed by atoms with Crippen LogP contribution in [0.1, 0.15) is 50.4 Å². The molecule has 2 aliphatic heterocycles. The predicted octanol–water partition coefficient (Wildman–Crippen LogP) is 10.7. The molecule has 2 aromatic carbocycles. The second-order valence-electron chi connectivity index (χ2n) is 9.50. The molecule has 44 heavy (non-hydrogen) atoms. The SMILES string of the molecule is C.C.C.C.C=C[Si](C)(C)C=C.C[Si](C)(C1CO1)C1CO1.ClCCl.O=C(O)c1cccc(Cl)c1.O=C(OO)c1cccc(Cl)c1. The number of carboxylic acid groups (broad SMARTS) is 1. The molecule has 2 N–H and O–H groups in total. The first-order chi connectivity index (χ1) is 18.7. The monoisotopic (exact) mass is 732 g/mol. The van der Waals surface area contributed by atoms with E-state index in [2.05, 4.69) is 44.2 Å². The van der Waals surface area contributed by atoms with E-state index in [1.54, 1.807) is 24.3 Å². The number of halogens is 4. The molecule has 4 rings (SSSR count). The van der Waals surface area contributed by atoms with Crippen LogP contribution in [0.15, 0.2) is 73.1 Å². The molecule has 254 valence electrons. The third-order valence-corrected chi connectivity index (χ3v) is 12.2. The summed E-state index contributed by atoms with van der Waals surface area (Å²) in [5.41, 5.74) is 5.70. The maximum atomic E-state index is 10.6. The van der Waals surface area contributed by atoms with Crippen LogP contribution in [0.4, 0.5) is 0 Å². The van der Waals surface area contributed by atoms with Gasteiger partial charge in [-0.3, -0.25) is 4.89 Å². The van der Waals surface area contributed by atoms with Gasteiger partial charge in [0.1, 0.15) is 8.07 Å². The summed E-state index contributed by atoms with van der Waals surface area (Å²) in [6, 6.07) is 12.2. The molecule has 2 aromatic rings. The zero-order valence-corrected chi connectivity index (χ0v) is 27.9. The number of hydrogen-bond donors (Lipinski definition) is 2. The number of hydrogen-bond acceptors (Lipinski definition) is 6. The smallest absolute Gasteiger partial charge is 0.372 e. The molecule has 0 spiro atoms. The van der Waals surface area contributed by atoms with Crippen molar-refractivity contribution in [2.24, 2.45) is 0 Å². The van der Waals surface area contributed by atoms with Gasteiger partial charge in [-0.05, 0) is 36.4 Å². The van der Waals surface area contributed by atoms with Crippen LogP contribution in [0, 0.1) is 0 Å². The second-order valence-corrected chi connectivity index (χ2v) is 20.6. The van der Waals surface area contributed by atoms with Crippen LogP contribution in [0.5, 0.6) is 0 Å². The van der Waals surface area contributed by atoms with Crippen LogP contribution < -0.4 is 0 Å². The summed E-state index contributed by atoms with van der Waals surface area (Å²) in [4.78, 5) is 24.4. The van der Waals surface area contributed by atoms with E-state index in [4.69, 9.17) is 66.2 Å². The van der Waals surface area contributed by atoms with Crippen molar-refractivity contribution in [3.05, 3.63) is 94.3 Å². The van der Waals surface area contributed by atoms with Crippen molar-refractivity contribution in [1.29, 1.82) is 0 Å². The Morgan fingerprint density at radius 3 is 1.43 bits per heavy atom. The Kier molecular flexibility index (Phi) is 31.3. The average molecular weight is 735 g/mol. The Labute approximate surface area is 287 Å². The van der Waals surface area contributed by atoms with Gasteiger partial charge >= 0.3 is 11.9 Å². The van der Waals surface area contributed by atoms with Gasteiger partial charge in [0.25, 0.3) is 0 Å². The zero-order chi connectivity index (χ0) is 30.9.